The van der Waals surface area contributed by atoms with Crippen LogP contribution >= 0.6 is 0 Å². The minimum absolute atomic E-state index is 0.0585. The molecule has 142 valence electrons. The van der Waals surface area contributed by atoms with E-state index in [1.165, 1.54) is 24.5 Å². The number of nitro groups is 1. The Hall–Kier alpha value is -3.04. The smallest absolute Gasteiger partial charge is 0.271 e. The number of amides is 1. The number of piperazine rings is 1. The summed E-state index contributed by atoms with van der Waals surface area (Å²) in [5.74, 6) is 0.0706. The number of Topliss-reactive ketones (excluding diaryl/α,β-unsaturated/α-hetero) is 1. The second-order valence-electron chi connectivity index (χ2n) is 6.31. The van der Waals surface area contributed by atoms with E-state index in [1.54, 1.807) is 18.2 Å². The monoisotopic (exact) mass is 372 g/mol. The molecule has 1 aliphatic heterocycles. The first-order valence-corrected chi connectivity index (χ1v) is 8.57. The molecule has 3 rings (SSSR count). The Bertz CT molecular complexity index is 813. The van der Waals surface area contributed by atoms with Gasteiger partial charge in [-0.1, -0.05) is 6.07 Å². The summed E-state index contributed by atoms with van der Waals surface area (Å²) >= 11 is 0. The summed E-state index contributed by atoms with van der Waals surface area (Å²) in [5.41, 5.74) is 0.333. The molecule has 1 fully saturated rings. The SMILES string of the molecule is O=C(CN1CCN(CC(=O)c2ccco2)CC1)Nc1cccc([N+](=O)[O-])c1. The molecule has 1 N–H and O–H groups in total. The van der Waals surface area contributed by atoms with Gasteiger partial charge in [-0.3, -0.25) is 29.5 Å². The molecule has 1 amide bonds. The highest BCUT2D eigenvalue weighted by atomic mass is 16.6. The van der Waals surface area contributed by atoms with Gasteiger partial charge < -0.3 is 9.73 Å². The summed E-state index contributed by atoms with van der Waals surface area (Å²) < 4.78 is 5.11. The van der Waals surface area contributed by atoms with Crippen molar-refractivity contribution >= 4 is 23.1 Å². The number of carbonyl (C=O) groups excluding carboxylic acids is 2. The van der Waals surface area contributed by atoms with Crippen molar-refractivity contribution < 1.29 is 18.9 Å². The normalized spacial score (nSPS) is 15.4. The van der Waals surface area contributed by atoms with E-state index in [9.17, 15) is 19.7 Å². The summed E-state index contributed by atoms with van der Waals surface area (Å²) in [5, 5.41) is 13.5. The number of nitrogens with one attached hydrogen (secondary N) is 1. The summed E-state index contributed by atoms with van der Waals surface area (Å²) in [6.45, 7) is 3.17. The fourth-order valence-electron chi connectivity index (χ4n) is 2.92. The number of non-ortho nitro benzene ring substituents is 1. The maximum absolute atomic E-state index is 12.2. The van der Waals surface area contributed by atoms with E-state index in [0.717, 1.165) is 0 Å². The maximum atomic E-state index is 12.2. The molecule has 1 aliphatic rings. The molecule has 0 spiro atoms. The highest BCUT2D eigenvalue weighted by Crippen LogP contribution is 2.17. The summed E-state index contributed by atoms with van der Waals surface area (Å²) in [6, 6.07) is 9.18. The lowest BCUT2D eigenvalue weighted by Gasteiger charge is -2.33. The summed E-state index contributed by atoms with van der Waals surface area (Å²) in [4.78, 5) is 38.5. The summed E-state index contributed by atoms with van der Waals surface area (Å²) in [6.07, 6.45) is 1.48. The molecule has 1 aromatic heterocycles. The van der Waals surface area contributed by atoms with Crippen LogP contribution < -0.4 is 5.32 Å². The third-order valence-electron chi connectivity index (χ3n) is 4.34. The largest absolute Gasteiger partial charge is 0.461 e. The van der Waals surface area contributed by atoms with Gasteiger partial charge >= 0.3 is 0 Å². The van der Waals surface area contributed by atoms with Crippen LogP contribution in [0.15, 0.2) is 47.1 Å². The Balaban J connectivity index is 1.43. The molecule has 2 heterocycles. The molecule has 9 nitrogen and oxygen atoms in total. The van der Waals surface area contributed by atoms with E-state index in [0.29, 0.717) is 44.2 Å². The number of hydrogen-bond acceptors (Lipinski definition) is 7. The highest BCUT2D eigenvalue weighted by Gasteiger charge is 2.22. The predicted molar refractivity (Wildman–Crippen MR) is 97.6 cm³/mol. The number of furan rings is 1. The number of ketones is 1. The third-order valence-corrected chi connectivity index (χ3v) is 4.34. The Morgan fingerprint density at radius 3 is 2.41 bits per heavy atom. The van der Waals surface area contributed by atoms with Crippen LogP contribution in [0.25, 0.3) is 0 Å². The van der Waals surface area contributed by atoms with E-state index in [4.69, 9.17) is 4.42 Å². The Labute approximate surface area is 155 Å². The van der Waals surface area contributed by atoms with Crippen LogP contribution in [0.3, 0.4) is 0 Å². The average molecular weight is 372 g/mol. The fourth-order valence-corrected chi connectivity index (χ4v) is 2.92. The number of nitro benzene ring substituents is 1. The highest BCUT2D eigenvalue weighted by molar-refractivity contribution is 5.95. The summed E-state index contributed by atoms with van der Waals surface area (Å²) in [7, 11) is 0. The Kier molecular flexibility index (Phi) is 5.94. The van der Waals surface area contributed by atoms with Gasteiger partial charge in [-0.05, 0) is 18.2 Å². The van der Waals surface area contributed by atoms with Crippen molar-refractivity contribution in [1.82, 2.24) is 9.80 Å². The van der Waals surface area contributed by atoms with E-state index >= 15 is 0 Å². The Morgan fingerprint density at radius 2 is 1.78 bits per heavy atom. The number of anilines is 1. The zero-order chi connectivity index (χ0) is 19.2. The van der Waals surface area contributed by atoms with Crippen molar-refractivity contribution in [1.29, 1.82) is 0 Å². The molecule has 9 heteroatoms. The second-order valence-corrected chi connectivity index (χ2v) is 6.31. The van der Waals surface area contributed by atoms with Gasteiger partial charge in [0.15, 0.2) is 5.76 Å². The van der Waals surface area contributed by atoms with Crippen LogP contribution in [0, 0.1) is 10.1 Å². The number of nitrogens with zero attached hydrogens (tertiary/aromatic N) is 3. The molecule has 27 heavy (non-hydrogen) atoms. The molecule has 0 unspecified atom stereocenters. The Morgan fingerprint density at radius 1 is 1.07 bits per heavy atom. The molecular weight excluding hydrogens is 352 g/mol. The number of benzene rings is 1. The quantitative estimate of drug-likeness (QED) is 0.447. The van der Waals surface area contributed by atoms with Crippen LogP contribution in [-0.2, 0) is 4.79 Å². The van der Waals surface area contributed by atoms with Crippen LogP contribution in [-0.4, -0.2) is 65.7 Å². The van der Waals surface area contributed by atoms with Crippen LogP contribution in [0.2, 0.25) is 0 Å². The zero-order valence-corrected chi connectivity index (χ0v) is 14.7. The number of hydrogen-bond donors (Lipinski definition) is 1. The van der Waals surface area contributed by atoms with Crippen LogP contribution in [0.5, 0.6) is 0 Å². The topological polar surface area (TPSA) is 109 Å². The minimum atomic E-state index is -0.501. The van der Waals surface area contributed by atoms with Gasteiger partial charge in [0.2, 0.25) is 11.7 Å². The van der Waals surface area contributed by atoms with Crippen molar-refractivity contribution in [3.8, 4) is 0 Å². The molecule has 0 bridgehead atoms. The first-order chi connectivity index (χ1) is 13.0. The van der Waals surface area contributed by atoms with Crippen molar-refractivity contribution in [2.75, 3.05) is 44.6 Å². The molecule has 1 aromatic carbocycles. The molecule has 0 radical (unpaired) electrons. The lowest BCUT2D eigenvalue weighted by atomic mass is 10.2. The van der Waals surface area contributed by atoms with E-state index < -0.39 is 4.92 Å². The molecule has 0 atom stereocenters. The van der Waals surface area contributed by atoms with Gasteiger partial charge in [0.1, 0.15) is 0 Å². The minimum Gasteiger partial charge on any atom is -0.461 e. The molecule has 1 saturated heterocycles. The zero-order valence-electron chi connectivity index (χ0n) is 14.7. The lowest BCUT2D eigenvalue weighted by Crippen LogP contribution is -2.49. The van der Waals surface area contributed by atoms with Gasteiger partial charge in [-0.25, -0.2) is 0 Å². The van der Waals surface area contributed by atoms with E-state index in [1.807, 2.05) is 9.80 Å². The fraction of sp³-hybridized carbons (Fsp3) is 0.333. The van der Waals surface area contributed by atoms with Gasteiger partial charge in [-0.15, -0.1) is 0 Å². The van der Waals surface area contributed by atoms with Gasteiger partial charge in [-0.2, -0.15) is 0 Å². The second kappa shape index (κ2) is 8.56. The molecule has 2 aromatic rings. The first kappa shape index (κ1) is 18.7. The lowest BCUT2D eigenvalue weighted by molar-refractivity contribution is -0.384. The number of carbonyl (C=O) groups is 2. The molecule has 0 aliphatic carbocycles. The van der Waals surface area contributed by atoms with Crippen molar-refractivity contribution in [3.05, 3.63) is 58.5 Å². The third kappa shape index (κ3) is 5.22. The van der Waals surface area contributed by atoms with Gasteiger partial charge in [0, 0.05) is 44.0 Å². The van der Waals surface area contributed by atoms with E-state index in [2.05, 4.69) is 5.32 Å². The van der Waals surface area contributed by atoms with Gasteiger partial charge in [0.25, 0.3) is 5.69 Å². The van der Waals surface area contributed by atoms with E-state index in [-0.39, 0.29) is 23.9 Å². The molecule has 0 saturated carbocycles. The van der Waals surface area contributed by atoms with Crippen molar-refractivity contribution in [2.45, 2.75) is 0 Å². The van der Waals surface area contributed by atoms with Crippen molar-refractivity contribution in [3.63, 3.8) is 0 Å². The number of rotatable bonds is 7. The average Bonchev–Trinajstić information content (AvgIpc) is 3.18. The predicted octanol–water partition coefficient (Wildman–Crippen LogP) is 1.63. The van der Waals surface area contributed by atoms with Crippen LogP contribution in [0.1, 0.15) is 10.6 Å². The van der Waals surface area contributed by atoms with Gasteiger partial charge in [0.05, 0.1) is 24.3 Å². The standard InChI is InChI=1S/C18H20N4O5/c23-16(17-5-2-10-27-17)12-20-6-8-21(9-7-20)13-18(24)19-14-3-1-4-15(11-14)22(25)26/h1-5,10-11H,6-9,12-13H2,(H,19,24). The first-order valence-electron chi connectivity index (χ1n) is 8.57. The van der Waals surface area contributed by atoms with Crippen molar-refractivity contribution in [2.24, 2.45) is 0 Å². The maximum Gasteiger partial charge on any atom is 0.271 e. The molecular formula is C18H20N4O5. The van der Waals surface area contributed by atoms with Crippen LogP contribution in [0.4, 0.5) is 11.4 Å².